The summed E-state index contributed by atoms with van der Waals surface area (Å²) in [5, 5.41) is 13.1. The minimum Gasteiger partial charge on any atom is -0.487 e. The molecular formula is C17H25NO4. The Bertz CT molecular complexity index is 545. The first-order valence-electron chi connectivity index (χ1n) is 7.65. The second kappa shape index (κ2) is 6.67. The lowest BCUT2D eigenvalue weighted by atomic mass is 9.85. The fourth-order valence-electron chi connectivity index (χ4n) is 2.83. The summed E-state index contributed by atoms with van der Waals surface area (Å²) in [5.74, 6) is 0.696. The number of aliphatic hydroxyl groups is 1. The molecule has 122 valence electrons. The van der Waals surface area contributed by atoms with E-state index >= 15 is 0 Å². The van der Waals surface area contributed by atoms with Gasteiger partial charge in [0.15, 0.2) is 0 Å². The minimum absolute atomic E-state index is 0.0702. The van der Waals surface area contributed by atoms with Crippen LogP contribution in [0.25, 0.3) is 0 Å². The Morgan fingerprint density at radius 1 is 1.59 bits per heavy atom. The minimum atomic E-state index is -0.687. The Labute approximate surface area is 131 Å². The van der Waals surface area contributed by atoms with E-state index < -0.39 is 6.10 Å². The quantitative estimate of drug-likeness (QED) is 0.877. The van der Waals surface area contributed by atoms with Crippen molar-refractivity contribution in [3.8, 4) is 5.75 Å². The number of methoxy groups -OCH3 is 1. The fourth-order valence-corrected chi connectivity index (χ4v) is 2.83. The molecule has 0 aliphatic carbocycles. The summed E-state index contributed by atoms with van der Waals surface area (Å²) in [7, 11) is 1.55. The lowest BCUT2D eigenvalue weighted by Crippen LogP contribution is -2.42. The third-order valence-corrected chi connectivity index (χ3v) is 4.24. The summed E-state index contributed by atoms with van der Waals surface area (Å²) in [6.45, 7) is 5.88. The van der Waals surface area contributed by atoms with Crippen LogP contribution in [0.5, 0.6) is 5.75 Å². The monoisotopic (exact) mass is 307 g/mol. The zero-order valence-electron chi connectivity index (χ0n) is 13.7. The molecule has 3 atom stereocenters. The summed E-state index contributed by atoms with van der Waals surface area (Å²) in [6.07, 6.45) is 0.879. The van der Waals surface area contributed by atoms with Gasteiger partial charge in [0.1, 0.15) is 17.5 Å². The average Bonchev–Trinajstić information content (AvgIpc) is 2.46. The fraction of sp³-hybridized carbons (Fsp3) is 0.588. The summed E-state index contributed by atoms with van der Waals surface area (Å²) in [5.41, 5.74) is 1.38. The molecule has 0 bridgehead atoms. The lowest BCUT2D eigenvalue weighted by Gasteiger charge is -2.40. The maximum atomic E-state index is 11.5. The number of amides is 1. The van der Waals surface area contributed by atoms with Crippen molar-refractivity contribution in [3.63, 3.8) is 0 Å². The van der Waals surface area contributed by atoms with E-state index in [1.54, 1.807) is 7.11 Å². The van der Waals surface area contributed by atoms with E-state index in [1.807, 2.05) is 18.2 Å². The standard InChI is InChI=1S/C17H25NO4/c1-5-17(3)9-14(18-11(2)19)13-8-12(15(20)10-21-4)6-7-16(13)22-17/h6-8,14-15,20H,5,9-10H2,1-4H3,(H,18,19). The topological polar surface area (TPSA) is 67.8 Å². The smallest absolute Gasteiger partial charge is 0.217 e. The maximum Gasteiger partial charge on any atom is 0.217 e. The number of hydrogen-bond donors (Lipinski definition) is 2. The number of aliphatic hydroxyl groups excluding tert-OH is 1. The summed E-state index contributed by atoms with van der Waals surface area (Å²) in [6, 6.07) is 5.50. The van der Waals surface area contributed by atoms with Gasteiger partial charge in [-0.3, -0.25) is 4.79 Å². The van der Waals surface area contributed by atoms with Gasteiger partial charge in [0.05, 0.1) is 12.6 Å². The van der Waals surface area contributed by atoms with E-state index in [9.17, 15) is 9.90 Å². The van der Waals surface area contributed by atoms with Gasteiger partial charge in [-0.15, -0.1) is 0 Å². The van der Waals surface area contributed by atoms with Crippen molar-refractivity contribution < 1.29 is 19.4 Å². The zero-order valence-corrected chi connectivity index (χ0v) is 13.7. The second-order valence-electron chi connectivity index (χ2n) is 6.13. The van der Waals surface area contributed by atoms with Gasteiger partial charge in [-0.05, 0) is 31.0 Å². The highest BCUT2D eigenvalue weighted by atomic mass is 16.5. The number of carbonyl (C=O) groups is 1. The van der Waals surface area contributed by atoms with E-state index in [1.165, 1.54) is 6.92 Å². The average molecular weight is 307 g/mol. The van der Waals surface area contributed by atoms with Crippen LogP contribution in [0.15, 0.2) is 18.2 Å². The number of ether oxygens (including phenoxy) is 2. The maximum absolute atomic E-state index is 11.5. The molecule has 3 unspecified atom stereocenters. The van der Waals surface area contributed by atoms with Crippen LogP contribution >= 0.6 is 0 Å². The molecule has 5 nitrogen and oxygen atoms in total. The van der Waals surface area contributed by atoms with Gasteiger partial charge in [-0.1, -0.05) is 13.0 Å². The molecule has 0 aromatic heterocycles. The van der Waals surface area contributed by atoms with Gasteiger partial charge in [-0.25, -0.2) is 0 Å². The van der Waals surface area contributed by atoms with Gasteiger partial charge < -0.3 is 19.9 Å². The van der Waals surface area contributed by atoms with Crippen molar-refractivity contribution in [2.45, 2.75) is 51.4 Å². The SMILES string of the molecule is CCC1(C)CC(NC(C)=O)c2cc(C(O)COC)ccc2O1. The number of fused-ring (bicyclic) bond motifs is 1. The number of rotatable bonds is 5. The predicted molar refractivity (Wildman–Crippen MR) is 83.8 cm³/mol. The van der Waals surface area contributed by atoms with Gasteiger partial charge in [0, 0.05) is 26.0 Å². The van der Waals surface area contributed by atoms with Crippen LogP contribution in [0, 0.1) is 0 Å². The van der Waals surface area contributed by atoms with Gasteiger partial charge in [0.25, 0.3) is 0 Å². The number of hydrogen-bond acceptors (Lipinski definition) is 4. The highest BCUT2D eigenvalue weighted by Gasteiger charge is 2.36. The van der Waals surface area contributed by atoms with E-state index in [0.717, 1.165) is 23.3 Å². The zero-order chi connectivity index (χ0) is 16.3. The Hall–Kier alpha value is -1.59. The van der Waals surface area contributed by atoms with Crippen LogP contribution in [0.4, 0.5) is 0 Å². The van der Waals surface area contributed by atoms with Crippen LogP contribution in [-0.4, -0.2) is 30.3 Å². The van der Waals surface area contributed by atoms with Crippen molar-refractivity contribution >= 4 is 5.91 Å². The van der Waals surface area contributed by atoms with Crippen LogP contribution in [0.3, 0.4) is 0 Å². The van der Waals surface area contributed by atoms with Crippen molar-refractivity contribution in [1.29, 1.82) is 0 Å². The predicted octanol–water partition coefficient (Wildman–Crippen LogP) is 2.49. The van der Waals surface area contributed by atoms with Crippen molar-refractivity contribution in [1.82, 2.24) is 5.32 Å². The molecule has 1 aromatic rings. The molecule has 2 rings (SSSR count). The van der Waals surface area contributed by atoms with Crippen molar-refractivity contribution in [2.24, 2.45) is 0 Å². The third kappa shape index (κ3) is 3.59. The van der Waals surface area contributed by atoms with Gasteiger partial charge >= 0.3 is 0 Å². The molecule has 5 heteroatoms. The molecule has 0 fully saturated rings. The summed E-state index contributed by atoms with van der Waals surface area (Å²) >= 11 is 0. The van der Waals surface area contributed by atoms with Gasteiger partial charge in [0.2, 0.25) is 5.91 Å². The second-order valence-corrected chi connectivity index (χ2v) is 6.13. The number of benzene rings is 1. The van der Waals surface area contributed by atoms with Crippen LogP contribution in [0.2, 0.25) is 0 Å². The first-order chi connectivity index (χ1) is 10.4. The van der Waals surface area contributed by atoms with Crippen LogP contribution in [0.1, 0.15) is 56.9 Å². The highest BCUT2D eigenvalue weighted by molar-refractivity contribution is 5.73. The summed E-state index contributed by atoms with van der Waals surface area (Å²) in [4.78, 5) is 11.5. The highest BCUT2D eigenvalue weighted by Crippen LogP contribution is 2.42. The molecule has 0 saturated carbocycles. The molecule has 0 saturated heterocycles. The molecule has 0 spiro atoms. The van der Waals surface area contributed by atoms with Crippen molar-refractivity contribution in [3.05, 3.63) is 29.3 Å². The molecule has 1 amide bonds. The number of carbonyl (C=O) groups excluding carboxylic acids is 1. The molecule has 1 aromatic carbocycles. The first-order valence-corrected chi connectivity index (χ1v) is 7.65. The van der Waals surface area contributed by atoms with E-state index in [4.69, 9.17) is 9.47 Å². The molecular weight excluding hydrogens is 282 g/mol. The Balaban J connectivity index is 2.37. The normalized spacial score (nSPS) is 25.0. The Morgan fingerprint density at radius 2 is 2.32 bits per heavy atom. The summed E-state index contributed by atoms with van der Waals surface area (Å²) < 4.78 is 11.1. The van der Waals surface area contributed by atoms with Gasteiger partial charge in [-0.2, -0.15) is 0 Å². The Morgan fingerprint density at radius 3 is 2.91 bits per heavy atom. The molecule has 1 heterocycles. The Kier molecular flexibility index (Phi) is 5.08. The van der Waals surface area contributed by atoms with Crippen molar-refractivity contribution in [2.75, 3.05) is 13.7 Å². The number of nitrogens with one attached hydrogen (secondary N) is 1. The first kappa shape index (κ1) is 16.8. The molecule has 2 N–H and O–H groups in total. The van der Waals surface area contributed by atoms with E-state index in [2.05, 4.69) is 19.2 Å². The molecule has 0 radical (unpaired) electrons. The molecule has 1 aliphatic heterocycles. The third-order valence-electron chi connectivity index (χ3n) is 4.24. The van der Waals surface area contributed by atoms with Crippen LogP contribution < -0.4 is 10.1 Å². The van der Waals surface area contributed by atoms with Crippen LogP contribution in [-0.2, 0) is 9.53 Å². The molecule has 22 heavy (non-hydrogen) atoms. The van der Waals surface area contributed by atoms with E-state index in [0.29, 0.717) is 6.42 Å². The van der Waals surface area contributed by atoms with E-state index in [-0.39, 0.29) is 24.2 Å². The lowest BCUT2D eigenvalue weighted by molar-refractivity contribution is -0.120. The molecule has 1 aliphatic rings. The largest absolute Gasteiger partial charge is 0.487 e.